The largest absolute Gasteiger partial charge is 0.481 e. The number of carbonyl (C=O) groups is 2. The van der Waals surface area contributed by atoms with Gasteiger partial charge in [0.15, 0.2) is 0 Å². The predicted octanol–water partition coefficient (Wildman–Crippen LogP) is 2.84. The van der Waals surface area contributed by atoms with E-state index in [4.69, 9.17) is 5.73 Å². The van der Waals surface area contributed by atoms with Crippen molar-refractivity contribution in [2.75, 3.05) is 0 Å². The Morgan fingerprint density at radius 1 is 1.28 bits per heavy atom. The first-order valence-electron chi connectivity index (χ1n) is 8.43. The van der Waals surface area contributed by atoms with E-state index in [1.807, 2.05) is 6.92 Å². The highest BCUT2D eigenvalue weighted by atomic mass is 32.2. The summed E-state index contributed by atoms with van der Waals surface area (Å²) in [7, 11) is 0. The smallest absolute Gasteiger partial charge is 0.324 e. The molecule has 0 aliphatic heterocycles. The second-order valence-electron chi connectivity index (χ2n) is 6.94. The number of thioether (sulfide) groups is 1. The average molecular weight is 367 g/mol. The van der Waals surface area contributed by atoms with E-state index in [0.717, 1.165) is 0 Å². The van der Waals surface area contributed by atoms with E-state index in [9.17, 15) is 24.2 Å². The van der Waals surface area contributed by atoms with E-state index < -0.39 is 34.7 Å². The maximum absolute atomic E-state index is 14.1. The first-order valence-corrected chi connectivity index (χ1v) is 9.31. The van der Waals surface area contributed by atoms with Gasteiger partial charge in [-0.15, -0.1) is 11.8 Å². The van der Waals surface area contributed by atoms with E-state index >= 15 is 0 Å². The van der Waals surface area contributed by atoms with Gasteiger partial charge in [-0.2, -0.15) is 0 Å². The number of nitrogens with two attached hydrogens (primary N) is 1. The van der Waals surface area contributed by atoms with Crippen molar-refractivity contribution in [2.24, 2.45) is 28.9 Å². The van der Waals surface area contributed by atoms with Crippen LogP contribution in [0.25, 0.3) is 0 Å². The Bertz CT molecular complexity index is 729. The van der Waals surface area contributed by atoms with Crippen LogP contribution in [0.4, 0.5) is 4.39 Å². The van der Waals surface area contributed by atoms with Crippen molar-refractivity contribution < 1.29 is 24.2 Å². The normalized spacial score (nSPS) is 39.0. The van der Waals surface area contributed by atoms with Gasteiger partial charge < -0.3 is 15.9 Å². The molecule has 2 fully saturated rings. The zero-order valence-corrected chi connectivity index (χ0v) is 14.9. The van der Waals surface area contributed by atoms with E-state index in [0.29, 0.717) is 17.7 Å². The molecule has 6 atom stereocenters. The highest BCUT2D eigenvalue weighted by molar-refractivity contribution is 8.00. The zero-order chi connectivity index (χ0) is 18.6. The van der Waals surface area contributed by atoms with E-state index in [1.54, 1.807) is 25.1 Å². The van der Waals surface area contributed by atoms with E-state index in [-0.39, 0.29) is 17.0 Å². The minimum absolute atomic E-state index is 0.343. The van der Waals surface area contributed by atoms with Gasteiger partial charge in [0.1, 0.15) is 11.4 Å². The van der Waals surface area contributed by atoms with Crippen molar-refractivity contribution in [1.29, 1.82) is 0 Å². The molecule has 0 radical (unpaired) electrons. The van der Waals surface area contributed by atoms with Gasteiger partial charge in [-0.05, 0) is 30.9 Å². The molecule has 6 unspecified atom stereocenters. The summed E-state index contributed by atoms with van der Waals surface area (Å²) in [5, 5.41) is 19.2. The van der Waals surface area contributed by atoms with Crippen LogP contribution in [0.5, 0.6) is 0 Å². The summed E-state index contributed by atoms with van der Waals surface area (Å²) in [6, 6.07) is 6.28. The fourth-order valence-corrected chi connectivity index (χ4v) is 6.96. The standard InChI is InChI=1S/C18H22FNO4S/c1-3-9-14(25-11-8-6-5-7-10(11)19)12-13(15(21)22)17(12,4-2)18(9,20)16(23)24/h5-9,12-14H,3-4,20H2,1-2H3,(H,21,22)(H,23,24). The van der Waals surface area contributed by atoms with Gasteiger partial charge in [0.2, 0.25) is 0 Å². The van der Waals surface area contributed by atoms with Gasteiger partial charge in [-0.1, -0.05) is 26.0 Å². The molecule has 0 bridgehead atoms. The Morgan fingerprint density at radius 2 is 1.92 bits per heavy atom. The molecule has 1 aromatic carbocycles. The van der Waals surface area contributed by atoms with Crippen LogP contribution >= 0.6 is 11.8 Å². The van der Waals surface area contributed by atoms with Crippen LogP contribution in [-0.4, -0.2) is 32.9 Å². The van der Waals surface area contributed by atoms with E-state index in [1.165, 1.54) is 17.8 Å². The number of fused-ring (bicyclic) bond motifs is 1. The van der Waals surface area contributed by atoms with Crippen LogP contribution in [0, 0.1) is 29.0 Å². The molecule has 2 saturated carbocycles. The second kappa shape index (κ2) is 5.99. The highest BCUT2D eigenvalue weighted by Crippen LogP contribution is 2.77. The van der Waals surface area contributed by atoms with Crippen LogP contribution in [0.2, 0.25) is 0 Å². The molecule has 0 amide bonds. The molecule has 7 heteroatoms. The van der Waals surface area contributed by atoms with Crippen LogP contribution < -0.4 is 5.73 Å². The van der Waals surface area contributed by atoms with Crippen molar-refractivity contribution in [1.82, 2.24) is 0 Å². The maximum atomic E-state index is 14.1. The van der Waals surface area contributed by atoms with Crippen molar-refractivity contribution in [2.45, 2.75) is 42.4 Å². The molecule has 25 heavy (non-hydrogen) atoms. The second-order valence-corrected chi connectivity index (χ2v) is 8.16. The maximum Gasteiger partial charge on any atom is 0.324 e. The summed E-state index contributed by atoms with van der Waals surface area (Å²) >= 11 is 1.23. The van der Waals surface area contributed by atoms with Crippen molar-refractivity contribution >= 4 is 23.7 Å². The number of aliphatic carboxylic acids is 2. The van der Waals surface area contributed by atoms with Gasteiger partial charge in [-0.3, -0.25) is 9.59 Å². The fraction of sp³-hybridized carbons (Fsp3) is 0.556. The lowest BCUT2D eigenvalue weighted by Crippen LogP contribution is -2.60. The zero-order valence-electron chi connectivity index (χ0n) is 14.1. The molecular weight excluding hydrogens is 345 g/mol. The van der Waals surface area contributed by atoms with Crippen molar-refractivity contribution in [3.8, 4) is 0 Å². The monoisotopic (exact) mass is 367 g/mol. The molecule has 4 N–H and O–H groups in total. The first-order chi connectivity index (χ1) is 11.8. The van der Waals surface area contributed by atoms with Crippen LogP contribution in [0.15, 0.2) is 29.2 Å². The van der Waals surface area contributed by atoms with Gasteiger partial charge in [0.05, 0.1) is 5.92 Å². The molecule has 0 saturated heterocycles. The van der Waals surface area contributed by atoms with Gasteiger partial charge in [0, 0.05) is 21.5 Å². The first kappa shape index (κ1) is 18.2. The lowest BCUT2D eigenvalue weighted by Gasteiger charge is -2.38. The van der Waals surface area contributed by atoms with Crippen molar-refractivity contribution in [3.05, 3.63) is 30.1 Å². The number of hydrogen-bond donors (Lipinski definition) is 3. The Morgan fingerprint density at radius 3 is 2.40 bits per heavy atom. The highest BCUT2D eigenvalue weighted by Gasteiger charge is 2.86. The summed E-state index contributed by atoms with van der Waals surface area (Å²) in [6.07, 6.45) is 0.877. The summed E-state index contributed by atoms with van der Waals surface area (Å²) in [5.74, 6) is -4.16. The molecule has 5 nitrogen and oxygen atoms in total. The Labute approximate surface area is 149 Å². The van der Waals surface area contributed by atoms with Gasteiger partial charge in [-0.25, -0.2) is 4.39 Å². The number of carboxylic acid groups (broad SMARTS) is 2. The van der Waals surface area contributed by atoms with Gasteiger partial charge in [0.25, 0.3) is 0 Å². The summed E-state index contributed by atoms with van der Waals surface area (Å²) in [5.41, 5.74) is 3.83. The Kier molecular flexibility index (Phi) is 4.36. The minimum Gasteiger partial charge on any atom is -0.481 e. The predicted molar refractivity (Wildman–Crippen MR) is 91.7 cm³/mol. The topological polar surface area (TPSA) is 101 Å². The Hall–Kier alpha value is -1.60. The lowest BCUT2D eigenvalue weighted by molar-refractivity contribution is -0.150. The molecule has 0 spiro atoms. The summed E-state index contributed by atoms with van der Waals surface area (Å²) in [4.78, 5) is 24.3. The third-order valence-electron chi connectivity index (χ3n) is 6.25. The average Bonchev–Trinajstić information content (AvgIpc) is 3.21. The van der Waals surface area contributed by atoms with Crippen molar-refractivity contribution in [3.63, 3.8) is 0 Å². The molecule has 3 rings (SSSR count). The Balaban J connectivity index is 2.08. The number of hydrogen-bond acceptors (Lipinski definition) is 4. The lowest BCUT2D eigenvalue weighted by atomic mass is 9.71. The quantitative estimate of drug-likeness (QED) is 0.715. The number of halogens is 1. The molecule has 136 valence electrons. The molecule has 1 aromatic rings. The van der Waals surface area contributed by atoms with E-state index in [2.05, 4.69) is 0 Å². The third kappa shape index (κ3) is 2.18. The summed E-state index contributed by atoms with van der Waals surface area (Å²) in [6.45, 7) is 3.65. The van der Waals surface area contributed by atoms with Gasteiger partial charge >= 0.3 is 11.9 Å². The summed E-state index contributed by atoms with van der Waals surface area (Å²) < 4.78 is 14.1. The molecular formula is C18H22FNO4S. The SMILES string of the molecule is CCC1C(Sc2ccccc2F)C2C(C(=O)O)C2(CC)C1(N)C(=O)O. The van der Waals surface area contributed by atoms with Crippen LogP contribution in [0.1, 0.15) is 26.7 Å². The van der Waals surface area contributed by atoms with Crippen LogP contribution in [0.3, 0.4) is 0 Å². The molecule has 0 heterocycles. The molecule has 2 aliphatic carbocycles. The molecule has 2 aliphatic rings. The minimum atomic E-state index is -1.62. The fourth-order valence-electron chi connectivity index (χ4n) is 5.22. The van der Waals surface area contributed by atoms with Crippen LogP contribution in [-0.2, 0) is 9.59 Å². The number of carboxylic acids is 2. The molecule has 0 aromatic heterocycles. The number of rotatable bonds is 6. The third-order valence-corrected chi connectivity index (χ3v) is 7.73. The number of benzene rings is 1.